The number of aryl methyl sites for hydroxylation is 1. The predicted octanol–water partition coefficient (Wildman–Crippen LogP) is 2.58. The van der Waals surface area contributed by atoms with Gasteiger partial charge in [-0.05, 0) is 55.3 Å². The van der Waals surface area contributed by atoms with E-state index in [-0.39, 0.29) is 29.9 Å². The van der Waals surface area contributed by atoms with Crippen LogP contribution < -0.4 is 16.2 Å². The van der Waals surface area contributed by atoms with Crippen LogP contribution >= 0.6 is 12.4 Å². The van der Waals surface area contributed by atoms with E-state index in [4.69, 9.17) is 0 Å². The lowest BCUT2D eigenvalue weighted by molar-refractivity contribution is 0.0922. The second-order valence-corrected chi connectivity index (χ2v) is 7.26. The fraction of sp³-hybridized carbons (Fsp3) is 0.286. The van der Waals surface area contributed by atoms with E-state index in [2.05, 4.69) is 15.6 Å². The molecule has 1 aliphatic heterocycles. The minimum atomic E-state index is -0.918. The third kappa shape index (κ3) is 4.20. The first kappa shape index (κ1) is 21.9. The molecule has 9 heteroatoms. The Balaban J connectivity index is 0.00000256. The van der Waals surface area contributed by atoms with Crippen LogP contribution in [0.3, 0.4) is 0 Å². The van der Waals surface area contributed by atoms with Crippen molar-refractivity contribution in [3.63, 3.8) is 0 Å². The highest BCUT2D eigenvalue weighted by atomic mass is 35.5. The minimum Gasteiger partial charge on any atom is -0.347 e. The van der Waals surface area contributed by atoms with Crippen molar-refractivity contribution in [1.82, 2.24) is 20.0 Å². The van der Waals surface area contributed by atoms with Crippen LogP contribution in [0.2, 0.25) is 0 Å². The van der Waals surface area contributed by atoms with E-state index >= 15 is 0 Å². The fourth-order valence-corrected chi connectivity index (χ4v) is 3.73. The number of aromatic nitrogens is 2. The molecular formula is C21H21ClF2N4O2. The molecule has 2 atom stereocenters. The number of fused-ring (bicyclic) bond motifs is 1. The van der Waals surface area contributed by atoms with Crippen LogP contribution in [0, 0.1) is 18.6 Å². The SMILES string of the molecule is Cc1ccn2c(=O)c(C(=O)NC3CNCCC3c3ccc(F)c(F)c3)cnc2c1.Cl. The molecule has 1 aliphatic rings. The predicted molar refractivity (Wildman–Crippen MR) is 111 cm³/mol. The first-order chi connectivity index (χ1) is 13.9. The molecule has 1 saturated heterocycles. The van der Waals surface area contributed by atoms with E-state index in [1.54, 1.807) is 18.3 Å². The zero-order valence-electron chi connectivity index (χ0n) is 16.2. The van der Waals surface area contributed by atoms with Gasteiger partial charge in [0, 0.05) is 30.9 Å². The van der Waals surface area contributed by atoms with Gasteiger partial charge in [0.1, 0.15) is 11.2 Å². The summed E-state index contributed by atoms with van der Waals surface area (Å²) in [5, 5.41) is 6.05. The number of nitrogens with one attached hydrogen (secondary N) is 2. The van der Waals surface area contributed by atoms with Crippen LogP contribution in [-0.2, 0) is 0 Å². The number of piperidine rings is 1. The van der Waals surface area contributed by atoms with E-state index in [1.807, 2.05) is 6.92 Å². The van der Waals surface area contributed by atoms with Gasteiger partial charge >= 0.3 is 0 Å². The average Bonchev–Trinajstić information content (AvgIpc) is 2.70. The Hall–Kier alpha value is -2.84. The first-order valence-corrected chi connectivity index (χ1v) is 9.38. The smallest absolute Gasteiger partial charge is 0.270 e. The lowest BCUT2D eigenvalue weighted by atomic mass is 9.86. The largest absolute Gasteiger partial charge is 0.347 e. The number of hydrogen-bond acceptors (Lipinski definition) is 4. The van der Waals surface area contributed by atoms with Crippen molar-refractivity contribution in [3.05, 3.63) is 81.4 Å². The van der Waals surface area contributed by atoms with Crippen molar-refractivity contribution in [2.45, 2.75) is 25.3 Å². The average molecular weight is 435 g/mol. The van der Waals surface area contributed by atoms with Gasteiger partial charge in [0.2, 0.25) is 0 Å². The second kappa shape index (κ2) is 8.89. The summed E-state index contributed by atoms with van der Waals surface area (Å²) in [4.78, 5) is 29.7. The molecule has 3 aromatic rings. The van der Waals surface area contributed by atoms with Crippen LogP contribution in [0.25, 0.3) is 5.65 Å². The molecular weight excluding hydrogens is 414 g/mol. The molecule has 2 N–H and O–H groups in total. The van der Waals surface area contributed by atoms with Gasteiger partial charge in [0.15, 0.2) is 11.6 Å². The summed E-state index contributed by atoms with van der Waals surface area (Å²) < 4.78 is 28.3. The van der Waals surface area contributed by atoms with Gasteiger partial charge in [0.05, 0.1) is 0 Å². The Labute approximate surface area is 177 Å². The highest BCUT2D eigenvalue weighted by molar-refractivity contribution is 5.94. The monoisotopic (exact) mass is 434 g/mol. The Morgan fingerprint density at radius 3 is 2.80 bits per heavy atom. The van der Waals surface area contributed by atoms with E-state index in [9.17, 15) is 18.4 Å². The van der Waals surface area contributed by atoms with Crippen molar-refractivity contribution < 1.29 is 13.6 Å². The molecule has 2 aromatic heterocycles. The number of nitrogens with zero attached hydrogens (tertiary/aromatic N) is 2. The molecule has 30 heavy (non-hydrogen) atoms. The third-order valence-electron chi connectivity index (χ3n) is 5.28. The van der Waals surface area contributed by atoms with Gasteiger partial charge in [-0.3, -0.25) is 14.0 Å². The quantitative estimate of drug-likeness (QED) is 0.664. The van der Waals surface area contributed by atoms with Crippen molar-refractivity contribution >= 4 is 24.0 Å². The van der Waals surface area contributed by atoms with Crippen molar-refractivity contribution in [2.75, 3.05) is 13.1 Å². The first-order valence-electron chi connectivity index (χ1n) is 9.38. The lowest BCUT2D eigenvalue weighted by Gasteiger charge is -2.33. The second-order valence-electron chi connectivity index (χ2n) is 7.26. The third-order valence-corrected chi connectivity index (χ3v) is 5.28. The number of hydrogen-bond donors (Lipinski definition) is 2. The number of carbonyl (C=O) groups excluding carboxylic acids is 1. The van der Waals surface area contributed by atoms with Crippen LogP contribution in [-0.4, -0.2) is 34.4 Å². The lowest BCUT2D eigenvalue weighted by Crippen LogP contribution is -2.50. The van der Waals surface area contributed by atoms with Gasteiger partial charge in [-0.1, -0.05) is 6.07 Å². The van der Waals surface area contributed by atoms with E-state index in [0.717, 1.165) is 11.6 Å². The van der Waals surface area contributed by atoms with Crippen molar-refractivity contribution in [1.29, 1.82) is 0 Å². The summed E-state index contributed by atoms with van der Waals surface area (Å²) in [5.41, 5.74) is 1.50. The maximum absolute atomic E-state index is 13.7. The topological polar surface area (TPSA) is 75.5 Å². The number of halogens is 3. The fourth-order valence-electron chi connectivity index (χ4n) is 3.73. The molecule has 0 spiro atoms. The molecule has 4 rings (SSSR count). The number of benzene rings is 1. The standard InChI is InChI=1S/C21H20F2N4O2.ClH/c1-12-5-7-27-19(8-12)25-10-15(21(27)29)20(28)26-18-11-24-6-4-14(18)13-2-3-16(22)17(23)9-13;/h2-3,5,7-10,14,18,24H,4,6,11H2,1H3,(H,26,28);1H. The zero-order valence-corrected chi connectivity index (χ0v) is 17.0. The molecule has 0 aliphatic carbocycles. The molecule has 158 valence electrons. The van der Waals surface area contributed by atoms with Crippen LogP contribution in [0.15, 0.2) is 47.5 Å². The van der Waals surface area contributed by atoms with E-state index < -0.39 is 23.1 Å². The number of carbonyl (C=O) groups is 1. The summed E-state index contributed by atoms with van der Waals surface area (Å²) in [6.45, 7) is 3.04. The maximum Gasteiger partial charge on any atom is 0.270 e. The molecule has 1 amide bonds. The van der Waals surface area contributed by atoms with Crippen molar-refractivity contribution in [3.8, 4) is 0 Å². The Bertz CT molecular complexity index is 1150. The number of rotatable bonds is 3. The van der Waals surface area contributed by atoms with Gasteiger partial charge in [0.25, 0.3) is 11.5 Å². The molecule has 3 heterocycles. The summed E-state index contributed by atoms with van der Waals surface area (Å²) in [7, 11) is 0. The minimum absolute atomic E-state index is 0. The van der Waals surface area contributed by atoms with Gasteiger partial charge < -0.3 is 10.6 Å². The Kier molecular flexibility index (Phi) is 6.48. The maximum atomic E-state index is 13.7. The molecule has 0 radical (unpaired) electrons. The van der Waals surface area contributed by atoms with E-state index in [1.165, 1.54) is 22.7 Å². The molecule has 1 fully saturated rings. The van der Waals surface area contributed by atoms with Gasteiger partial charge in [-0.2, -0.15) is 0 Å². The molecule has 0 bridgehead atoms. The molecule has 1 aromatic carbocycles. The summed E-state index contributed by atoms with van der Waals surface area (Å²) >= 11 is 0. The summed E-state index contributed by atoms with van der Waals surface area (Å²) in [6, 6.07) is 6.93. The van der Waals surface area contributed by atoms with Crippen LogP contribution in [0.5, 0.6) is 0 Å². The van der Waals surface area contributed by atoms with Crippen LogP contribution in [0.4, 0.5) is 8.78 Å². The van der Waals surface area contributed by atoms with Crippen molar-refractivity contribution in [2.24, 2.45) is 0 Å². The van der Waals surface area contributed by atoms with Crippen LogP contribution in [0.1, 0.15) is 33.8 Å². The van der Waals surface area contributed by atoms with E-state index in [0.29, 0.717) is 30.7 Å². The Morgan fingerprint density at radius 2 is 2.03 bits per heavy atom. The summed E-state index contributed by atoms with van der Waals surface area (Å²) in [6.07, 6.45) is 3.50. The normalized spacial score (nSPS) is 18.6. The number of pyridine rings is 1. The highest BCUT2D eigenvalue weighted by Crippen LogP contribution is 2.27. The molecule has 2 unspecified atom stereocenters. The Morgan fingerprint density at radius 1 is 1.23 bits per heavy atom. The zero-order chi connectivity index (χ0) is 20.5. The van der Waals surface area contributed by atoms with Gasteiger partial charge in [-0.25, -0.2) is 13.8 Å². The number of amides is 1. The van der Waals surface area contributed by atoms with Gasteiger partial charge in [-0.15, -0.1) is 12.4 Å². The molecule has 6 nitrogen and oxygen atoms in total. The highest BCUT2D eigenvalue weighted by Gasteiger charge is 2.29. The summed E-state index contributed by atoms with van der Waals surface area (Å²) in [5.74, 6) is -2.57. The molecule has 0 saturated carbocycles.